The van der Waals surface area contributed by atoms with Gasteiger partial charge in [0.15, 0.2) is 11.6 Å². The second-order valence-electron chi connectivity index (χ2n) is 8.58. The number of nitrogens with two attached hydrogens (primary N) is 1. The lowest BCUT2D eigenvalue weighted by molar-refractivity contribution is 0.401. The molecule has 0 saturated heterocycles. The molecule has 2 N–H and O–H groups in total. The molecule has 1 fully saturated rings. The first-order valence-electron chi connectivity index (χ1n) is 10.9. The summed E-state index contributed by atoms with van der Waals surface area (Å²) in [6.07, 6.45) is 6.77. The van der Waals surface area contributed by atoms with Gasteiger partial charge in [0, 0.05) is 48.1 Å². The molecule has 2 aromatic carbocycles. The fourth-order valence-corrected chi connectivity index (χ4v) is 4.33. The number of halogens is 2. The molecule has 4 aromatic rings. The van der Waals surface area contributed by atoms with Gasteiger partial charge in [-0.15, -0.1) is 0 Å². The maximum atomic E-state index is 14.4. The molecule has 1 atom stereocenters. The van der Waals surface area contributed by atoms with Crippen molar-refractivity contribution in [2.75, 3.05) is 7.11 Å². The van der Waals surface area contributed by atoms with Crippen molar-refractivity contribution in [3.63, 3.8) is 0 Å². The van der Waals surface area contributed by atoms with Crippen molar-refractivity contribution in [1.82, 2.24) is 9.55 Å². The summed E-state index contributed by atoms with van der Waals surface area (Å²) in [6, 6.07) is 11.1. The largest absolute Gasteiger partial charge is 0.479 e. The predicted molar refractivity (Wildman–Crippen MR) is 124 cm³/mol. The summed E-state index contributed by atoms with van der Waals surface area (Å²) in [7, 11) is 3.50. The molecule has 33 heavy (non-hydrogen) atoms. The van der Waals surface area contributed by atoms with Crippen molar-refractivity contribution in [1.29, 1.82) is 0 Å². The number of fused-ring (bicyclic) bond motifs is 1. The minimum atomic E-state index is -0.760. The molecular formula is C26H25F2N3O2. The van der Waals surface area contributed by atoms with Crippen LogP contribution in [0.2, 0.25) is 0 Å². The van der Waals surface area contributed by atoms with Crippen LogP contribution in [0.15, 0.2) is 54.9 Å². The monoisotopic (exact) mass is 449 g/mol. The first-order chi connectivity index (χ1) is 15.9. The van der Waals surface area contributed by atoms with Crippen LogP contribution < -0.4 is 15.2 Å². The number of nitrogens with zero attached hydrogens (tertiary/aromatic N) is 2. The van der Waals surface area contributed by atoms with Gasteiger partial charge in [0.1, 0.15) is 17.1 Å². The zero-order valence-electron chi connectivity index (χ0n) is 18.5. The molecule has 2 aromatic heterocycles. The van der Waals surface area contributed by atoms with Gasteiger partial charge in [-0.05, 0) is 61.1 Å². The number of aromatic nitrogens is 2. The number of methoxy groups -OCH3 is 1. The van der Waals surface area contributed by atoms with Gasteiger partial charge >= 0.3 is 0 Å². The van der Waals surface area contributed by atoms with Gasteiger partial charge < -0.3 is 19.8 Å². The van der Waals surface area contributed by atoms with Crippen LogP contribution in [0, 0.1) is 17.6 Å². The van der Waals surface area contributed by atoms with Crippen molar-refractivity contribution in [3.8, 4) is 28.5 Å². The molecule has 1 saturated carbocycles. The first-order valence-corrected chi connectivity index (χ1v) is 10.9. The summed E-state index contributed by atoms with van der Waals surface area (Å²) in [4.78, 5) is 4.31. The van der Waals surface area contributed by atoms with E-state index in [1.54, 1.807) is 13.3 Å². The van der Waals surface area contributed by atoms with Crippen LogP contribution in [0.4, 0.5) is 8.78 Å². The van der Waals surface area contributed by atoms with E-state index in [9.17, 15) is 8.78 Å². The minimum Gasteiger partial charge on any atom is -0.479 e. The maximum Gasteiger partial charge on any atom is 0.238 e. The van der Waals surface area contributed by atoms with E-state index in [2.05, 4.69) is 4.98 Å². The van der Waals surface area contributed by atoms with Crippen LogP contribution in [0.3, 0.4) is 0 Å². The third kappa shape index (κ3) is 4.16. The molecular weight excluding hydrogens is 424 g/mol. The number of benzene rings is 2. The maximum absolute atomic E-state index is 14.4. The quantitative estimate of drug-likeness (QED) is 0.399. The molecule has 1 unspecified atom stereocenters. The second kappa shape index (κ2) is 8.48. The smallest absolute Gasteiger partial charge is 0.238 e. The molecule has 0 spiro atoms. The van der Waals surface area contributed by atoms with Crippen LogP contribution >= 0.6 is 0 Å². The number of rotatable bonds is 7. The lowest BCUT2D eigenvalue weighted by Crippen LogP contribution is -2.25. The summed E-state index contributed by atoms with van der Waals surface area (Å²) >= 11 is 0. The van der Waals surface area contributed by atoms with Crippen molar-refractivity contribution in [3.05, 3.63) is 72.1 Å². The van der Waals surface area contributed by atoms with Gasteiger partial charge in [-0.3, -0.25) is 0 Å². The van der Waals surface area contributed by atoms with E-state index < -0.39 is 11.6 Å². The van der Waals surface area contributed by atoms with Gasteiger partial charge in [-0.25, -0.2) is 13.8 Å². The summed E-state index contributed by atoms with van der Waals surface area (Å²) < 4.78 is 41.1. The van der Waals surface area contributed by atoms with Crippen molar-refractivity contribution >= 4 is 10.9 Å². The van der Waals surface area contributed by atoms with Crippen molar-refractivity contribution in [2.45, 2.75) is 25.3 Å². The number of aryl methyl sites for hydroxylation is 1. The first kappa shape index (κ1) is 21.4. The average molecular weight is 450 g/mol. The number of pyridine rings is 1. The molecule has 0 aliphatic heterocycles. The van der Waals surface area contributed by atoms with Crippen LogP contribution in [-0.4, -0.2) is 22.7 Å². The molecule has 5 nitrogen and oxygen atoms in total. The van der Waals surface area contributed by atoms with E-state index in [0.717, 1.165) is 40.1 Å². The van der Waals surface area contributed by atoms with Crippen LogP contribution in [0.25, 0.3) is 22.0 Å². The third-order valence-corrected chi connectivity index (χ3v) is 6.20. The molecule has 5 rings (SSSR count). The topological polar surface area (TPSA) is 62.3 Å². The van der Waals surface area contributed by atoms with Gasteiger partial charge in [0.05, 0.1) is 7.11 Å². The number of ether oxygens (including phenoxy) is 2. The molecule has 0 radical (unpaired) electrons. The lowest BCUT2D eigenvalue weighted by atomic mass is 9.97. The Bertz CT molecular complexity index is 1330. The Hall–Kier alpha value is -3.45. The Labute approximate surface area is 190 Å². The fourth-order valence-electron chi connectivity index (χ4n) is 4.33. The Morgan fingerprint density at radius 2 is 1.88 bits per heavy atom. The van der Waals surface area contributed by atoms with Gasteiger partial charge in [0.25, 0.3) is 0 Å². The number of hydrogen-bond donors (Lipinski definition) is 1. The normalized spacial score (nSPS) is 14.5. The van der Waals surface area contributed by atoms with Crippen molar-refractivity contribution in [2.24, 2.45) is 18.7 Å². The van der Waals surface area contributed by atoms with Crippen LogP contribution in [-0.2, 0) is 13.5 Å². The molecule has 1 aliphatic rings. The average Bonchev–Trinajstić information content (AvgIpc) is 3.60. The van der Waals surface area contributed by atoms with E-state index in [-0.39, 0.29) is 11.8 Å². The van der Waals surface area contributed by atoms with E-state index >= 15 is 0 Å². The zero-order chi connectivity index (χ0) is 23.1. The summed E-state index contributed by atoms with van der Waals surface area (Å²) in [6.45, 7) is 0. The van der Waals surface area contributed by atoms with Gasteiger partial charge in [-0.1, -0.05) is 6.07 Å². The Morgan fingerprint density at radius 3 is 2.61 bits per heavy atom. The van der Waals surface area contributed by atoms with E-state index in [1.165, 1.54) is 25.0 Å². The minimum absolute atomic E-state index is 0.0421. The predicted octanol–water partition coefficient (Wildman–Crippen LogP) is 5.60. The van der Waals surface area contributed by atoms with Gasteiger partial charge in [0.2, 0.25) is 5.88 Å². The highest BCUT2D eigenvalue weighted by Crippen LogP contribution is 2.41. The summed E-state index contributed by atoms with van der Waals surface area (Å²) in [5.74, 6) is 0.0978. The fraction of sp³-hybridized carbons (Fsp3) is 0.269. The highest BCUT2D eigenvalue weighted by molar-refractivity contribution is 5.99. The van der Waals surface area contributed by atoms with E-state index in [4.69, 9.17) is 15.2 Å². The lowest BCUT2D eigenvalue weighted by Gasteiger charge is -2.15. The van der Waals surface area contributed by atoms with Crippen molar-refractivity contribution < 1.29 is 18.3 Å². The third-order valence-electron chi connectivity index (χ3n) is 6.20. The molecule has 7 heteroatoms. The standard InChI is InChI=1S/C26H25F2N3O2/c1-31-14-20(18-9-10-30-26(32-2)25(18)31)19-11-15(12-22(29)16-4-5-16)3-7-23(19)33-24-8-6-17(27)13-21(24)28/h3,6-11,13-14,16,22H,4-5,12,29H2,1-2H3. The summed E-state index contributed by atoms with van der Waals surface area (Å²) in [5.41, 5.74) is 9.99. The Balaban J connectivity index is 1.63. The number of hydrogen-bond acceptors (Lipinski definition) is 4. The molecule has 0 amide bonds. The Kier molecular flexibility index (Phi) is 5.50. The highest BCUT2D eigenvalue weighted by Gasteiger charge is 2.28. The van der Waals surface area contributed by atoms with E-state index in [1.807, 2.05) is 42.1 Å². The van der Waals surface area contributed by atoms with Crippen LogP contribution in [0.1, 0.15) is 18.4 Å². The van der Waals surface area contributed by atoms with Gasteiger partial charge in [-0.2, -0.15) is 0 Å². The van der Waals surface area contributed by atoms with E-state index in [0.29, 0.717) is 17.5 Å². The second-order valence-corrected chi connectivity index (χ2v) is 8.58. The molecule has 0 bridgehead atoms. The highest BCUT2D eigenvalue weighted by atomic mass is 19.1. The molecule has 1 aliphatic carbocycles. The zero-order valence-corrected chi connectivity index (χ0v) is 18.5. The SMILES string of the molecule is COc1nccc2c(-c3cc(CC(N)C4CC4)ccc3Oc3ccc(F)cc3F)cn(C)c12. The summed E-state index contributed by atoms with van der Waals surface area (Å²) in [5, 5.41) is 0.928. The molecule has 2 heterocycles. The molecule has 170 valence electrons. The Morgan fingerprint density at radius 1 is 1.09 bits per heavy atom. The van der Waals surface area contributed by atoms with Crippen LogP contribution in [0.5, 0.6) is 17.4 Å².